The molecule has 7 heteroatoms. The summed E-state index contributed by atoms with van der Waals surface area (Å²) >= 11 is 2.08. The van der Waals surface area contributed by atoms with Crippen LogP contribution in [0.15, 0.2) is 22.2 Å². The van der Waals surface area contributed by atoms with Crippen LogP contribution in [-0.2, 0) is 18.9 Å². The second-order valence-corrected chi connectivity index (χ2v) is 4.93. The van der Waals surface area contributed by atoms with Crippen LogP contribution in [0.3, 0.4) is 0 Å². The SMILES string of the molecule is C[N+]12CC(=O)O[B-]1(/C=C/C=C/I)OC(=O)C2. The second-order valence-electron chi connectivity index (χ2n) is 4.21. The molecule has 0 spiro atoms. The van der Waals surface area contributed by atoms with Crippen LogP contribution in [0.2, 0.25) is 0 Å². The fourth-order valence-corrected chi connectivity index (χ4v) is 2.40. The standard InChI is InChI=1S/C9H11BINO4/c1-12-6-8(13)15-10(12,4-2-3-5-11)16-9(14)7-12/h2-5H,6-7H2,1H3/b4-2+,5-3+. The molecule has 0 radical (unpaired) electrons. The number of fused-ring (bicyclic) bond motifs is 1. The summed E-state index contributed by atoms with van der Waals surface area (Å²) in [5.41, 5.74) is 0. The van der Waals surface area contributed by atoms with Crippen LogP contribution >= 0.6 is 22.6 Å². The number of carbonyl (C=O) groups excluding carboxylic acids is 2. The summed E-state index contributed by atoms with van der Waals surface area (Å²) < 4.78 is 12.5. The third-order valence-corrected chi connectivity index (χ3v) is 3.40. The second kappa shape index (κ2) is 3.88. The van der Waals surface area contributed by atoms with Crippen molar-refractivity contribution in [3.63, 3.8) is 0 Å². The Morgan fingerprint density at radius 3 is 2.31 bits per heavy atom. The van der Waals surface area contributed by atoms with Crippen molar-refractivity contribution in [1.82, 2.24) is 0 Å². The lowest BCUT2D eigenvalue weighted by Gasteiger charge is -2.37. The number of hydrogen-bond acceptors (Lipinski definition) is 4. The average molecular weight is 335 g/mol. The van der Waals surface area contributed by atoms with E-state index in [0.29, 0.717) is 0 Å². The van der Waals surface area contributed by atoms with Crippen molar-refractivity contribution in [1.29, 1.82) is 0 Å². The maximum atomic E-state index is 11.3. The van der Waals surface area contributed by atoms with Crippen LogP contribution in [-0.4, -0.2) is 43.2 Å². The van der Waals surface area contributed by atoms with Crippen molar-refractivity contribution in [3.05, 3.63) is 22.2 Å². The normalized spacial score (nSPS) is 38.1. The van der Waals surface area contributed by atoms with Crippen molar-refractivity contribution in [2.45, 2.75) is 0 Å². The van der Waals surface area contributed by atoms with Crippen molar-refractivity contribution in [3.8, 4) is 0 Å². The number of nitrogens with zero attached hydrogens (tertiary/aromatic N) is 1. The molecule has 16 heavy (non-hydrogen) atoms. The monoisotopic (exact) mass is 335 g/mol. The summed E-state index contributed by atoms with van der Waals surface area (Å²) in [5.74, 6) is 1.03. The lowest BCUT2D eigenvalue weighted by atomic mass is 9.68. The van der Waals surface area contributed by atoms with E-state index in [9.17, 15) is 9.59 Å². The molecule has 0 bridgehead atoms. The van der Waals surface area contributed by atoms with Gasteiger partial charge in [0.05, 0.1) is 0 Å². The van der Waals surface area contributed by atoms with E-state index in [1.54, 1.807) is 25.2 Å². The van der Waals surface area contributed by atoms with Gasteiger partial charge in [-0.1, -0.05) is 40.7 Å². The Labute approximate surface area is 107 Å². The molecule has 86 valence electrons. The molecule has 0 atom stereocenters. The smallest absolute Gasteiger partial charge is 0.596 e. The molecule has 0 aromatic heterocycles. The first-order valence-corrected chi connectivity index (χ1v) is 6.13. The minimum atomic E-state index is -1.99. The maximum Gasteiger partial charge on any atom is 0.607 e. The van der Waals surface area contributed by atoms with E-state index < -0.39 is 6.69 Å². The Hall–Kier alpha value is -0.825. The summed E-state index contributed by atoms with van der Waals surface area (Å²) in [5, 5.41) is 0. The third-order valence-electron chi connectivity index (χ3n) is 2.99. The van der Waals surface area contributed by atoms with Crippen molar-refractivity contribution in [2.75, 3.05) is 20.1 Å². The van der Waals surface area contributed by atoms with E-state index in [-0.39, 0.29) is 29.4 Å². The summed E-state index contributed by atoms with van der Waals surface area (Å²) in [7, 11) is 1.80. The molecule has 2 fully saturated rings. The summed E-state index contributed by atoms with van der Waals surface area (Å²) in [6, 6.07) is 0. The van der Waals surface area contributed by atoms with Gasteiger partial charge < -0.3 is 13.7 Å². The third kappa shape index (κ3) is 1.67. The molecule has 0 N–H and O–H groups in total. The van der Waals surface area contributed by atoms with Crippen molar-refractivity contribution in [2.24, 2.45) is 0 Å². The number of allylic oxidation sites excluding steroid dienone is 2. The van der Waals surface area contributed by atoms with E-state index in [0.717, 1.165) is 0 Å². The van der Waals surface area contributed by atoms with E-state index in [1.807, 2.05) is 4.08 Å². The van der Waals surface area contributed by atoms with Crippen LogP contribution in [0, 0.1) is 0 Å². The zero-order valence-electron chi connectivity index (χ0n) is 8.76. The van der Waals surface area contributed by atoms with Crippen LogP contribution in [0.1, 0.15) is 0 Å². The van der Waals surface area contributed by atoms with Crippen LogP contribution < -0.4 is 0 Å². The fraction of sp³-hybridized carbons (Fsp3) is 0.333. The number of halogens is 1. The van der Waals surface area contributed by atoms with E-state index in [1.165, 1.54) is 0 Å². The number of carbonyl (C=O) groups is 2. The Morgan fingerprint density at radius 1 is 1.25 bits per heavy atom. The molecular weight excluding hydrogens is 324 g/mol. The number of rotatable bonds is 2. The number of hydrogen-bond donors (Lipinski definition) is 0. The van der Waals surface area contributed by atoms with E-state index >= 15 is 0 Å². The number of quaternary nitrogens is 1. The molecular formula is C9H11BINO4. The zero-order chi connectivity index (χ0) is 11.8. The highest BCUT2D eigenvalue weighted by Gasteiger charge is 2.63. The molecule has 0 aromatic rings. The van der Waals surface area contributed by atoms with Crippen molar-refractivity contribution >= 4 is 41.2 Å². The molecule has 5 nitrogen and oxygen atoms in total. The highest BCUT2D eigenvalue weighted by molar-refractivity contribution is 14.1. The number of likely N-dealkylation sites (N-methyl/N-ethyl adjacent to an activating group) is 1. The Bertz CT molecular complexity index is 386. The predicted octanol–water partition coefficient (Wildman–Crippen LogP) is 0.530. The summed E-state index contributed by atoms with van der Waals surface area (Å²) in [4.78, 5) is 22.7. The van der Waals surface area contributed by atoms with Gasteiger partial charge in [-0.2, -0.15) is 0 Å². The minimum Gasteiger partial charge on any atom is -0.596 e. The van der Waals surface area contributed by atoms with Gasteiger partial charge in [-0.25, -0.2) is 0 Å². The molecule has 0 amide bonds. The molecule has 0 unspecified atom stereocenters. The molecule has 0 saturated carbocycles. The molecule has 2 rings (SSSR count). The van der Waals surface area contributed by atoms with Crippen LogP contribution in [0.5, 0.6) is 0 Å². The van der Waals surface area contributed by atoms with Gasteiger partial charge >= 0.3 is 18.6 Å². The predicted molar refractivity (Wildman–Crippen MR) is 66.2 cm³/mol. The van der Waals surface area contributed by atoms with Crippen molar-refractivity contribution < 1.29 is 23.3 Å². The molecule has 0 aliphatic carbocycles. The first-order chi connectivity index (χ1) is 7.51. The Balaban J connectivity index is 2.34. The Morgan fingerprint density at radius 2 is 1.81 bits per heavy atom. The summed E-state index contributed by atoms with van der Waals surface area (Å²) in [6.45, 7) is -1.62. The Kier molecular flexibility index (Phi) is 2.83. The zero-order valence-corrected chi connectivity index (χ0v) is 10.9. The van der Waals surface area contributed by atoms with Gasteiger partial charge in [0.15, 0.2) is 0 Å². The molecule has 2 aliphatic heterocycles. The van der Waals surface area contributed by atoms with Gasteiger partial charge in [0.25, 0.3) is 0 Å². The molecule has 2 saturated heterocycles. The first-order valence-electron chi connectivity index (χ1n) is 4.88. The average Bonchev–Trinajstić information content (AvgIpc) is 2.49. The molecule has 2 heterocycles. The van der Waals surface area contributed by atoms with Gasteiger partial charge in [0.1, 0.15) is 13.1 Å². The van der Waals surface area contributed by atoms with Gasteiger partial charge in [-0.15, -0.1) is 0 Å². The lowest BCUT2D eigenvalue weighted by Crippen LogP contribution is -2.58. The highest BCUT2D eigenvalue weighted by atomic mass is 127. The fourth-order valence-electron chi connectivity index (χ4n) is 2.16. The summed E-state index contributed by atoms with van der Waals surface area (Å²) in [6.07, 6.45) is 3.53. The largest absolute Gasteiger partial charge is 0.607 e. The van der Waals surface area contributed by atoms with Gasteiger partial charge in [-0.3, -0.25) is 9.59 Å². The molecule has 0 aromatic carbocycles. The van der Waals surface area contributed by atoms with E-state index in [2.05, 4.69) is 22.6 Å². The van der Waals surface area contributed by atoms with Gasteiger partial charge in [-0.05, 0) is 4.08 Å². The quantitative estimate of drug-likeness (QED) is 0.420. The van der Waals surface area contributed by atoms with E-state index in [4.69, 9.17) is 9.31 Å². The van der Waals surface area contributed by atoms with Crippen LogP contribution in [0.25, 0.3) is 0 Å². The highest BCUT2D eigenvalue weighted by Crippen LogP contribution is 2.34. The van der Waals surface area contributed by atoms with Gasteiger partial charge in [0.2, 0.25) is 0 Å². The first kappa shape index (κ1) is 11.7. The maximum absolute atomic E-state index is 11.3. The topological polar surface area (TPSA) is 52.6 Å². The molecule has 2 aliphatic rings. The minimum absolute atomic E-state index is 0.185. The van der Waals surface area contributed by atoms with Gasteiger partial charge in [0, 0.05) is 7.05 Å². The lowest BCUT2D eigenvalue weighted by molar-refractivity contribution is -0.791. The van der Waals surface area contributed by atoms with Crippen LogP contribution in [0.4, 0.5) is 0 Å².